The largest absolute Gasteiger partial charge is 0.465 e. The third kappa shape index (κ3) is 1.47. The Morgan fingerprint density at radius 2 is 2.25 bits per heavy atom. The number of carbonyl (C=O) groups is 2. The van der Waals surface area contributed by atoms with Gasteiger partial charge >= 0.3 is 11.9 Å². The SMILES string of the molecule is C=CCC[C@@]1(C)OC(=O)[C@@]2(C(=O)OCC)[C@@H]3[C@@H]4CCC[C@@H]3[C@]21OC4. The number of allylic oxidation sites excluding steroid dienone is 1. The molecule has 1 spiro atoms. The Morgan fingerprint density at radius 3 is 2.96 bits per heavy atom. The first-order chi connectivity index (χ1) is 11.5. The van der Waals surface area contributed by atoms with Crippen LogP contribution in [0.15, 0.2) is 12.7 Å². The molecule has 0 amide bonds. The monoisotopic (exact) mass is 334 g/mol. The summed E-state index contributed by atoms with van der Waals surface area (Å²) >= 11 is 0. The van der Waals surface area contributed by atoms with Crippen LogP contribution in [-0.2, 0) is 23.8 Å². The van der Waals surface area contributed by atoms with Crippen LogP contribution in [0, 0.1) is 23.2 Å². The summed E-state index contributed by atoms with van der Waals surface area (Å²) in [6, 6.07) is 0. The maximum Gasteiger partial charge on any atom is 0.327 e. The highest BCUT2D eigenvalue weighted by atomic mass is 16.6. The summed E-state index contributed by atoms with van der Waals surface area (Å²) in [6.45, 7) is 8.36. The smallest absolute Gasteiger partial charge is 0.327 e. The van der Waals surface area contributed by atoms with E-state index in [0.29, 0.717) is 19.4 Å². The molecule has 4 aliphatic rings. The minimum Gasteiger partial charge on any atom is -0.465 e. The van der Waals surface area contributed by atoms with Crippen molar-refractivity contribution in [2.45, 2.75) is 57.2 Å². The summed E-state index contributed by atoms with van der Waals surface area (Å²) in [5.41, 5.74) is -2.92. The second-order valence-corrected chi connectivity index (χ2v) is 7.85. The normalized spacial score (nSPS) is 48.1. The van der Waals surface area contributed by atoms with Gasteiger partial charge in [-0.1, -0.05) is 12.5 Å². The lowest BCUT2D eigenvalue weighted by Crippen LogP contribution is -2.84. The summed E-state index contributed by atoms with van der Waals surface area (Å²) in [6.07, 6.45) is 6.29. The van der Waals surface area contributed by atoms with Crippen LogP contribution in [-0.4, -0.2) is 36.4 Å². The zero-order chi connectivity index (χ0) is 17.2. The molecule has 132 valence electrons. The van der Waals surface area contributed by atoms with Crippen molar-refractivity contribution in [2.75, 3.05) is 13.2 Å². The van der Waals surface area contributed by atoms with Gasteiger partial charge in [-0.3, -0.25) is 9.59 Å². The summed E-state index contributed by atoms with van der Waals surface area (Å²) in [5, 5.41) is 0. The zero-order valence-corrected chi connectivity index (χ0v) is 14.5. The van der Waals surface area contributed by atoms with E-state index in [-0.39, 0.29) is 24.4 Å². The van der Waals surface area contributed by atoms with Crippen molar-refractivity contribution in [2.24, 2.45) is 23.2 Å². The van der Waals surface area contributed by atoms with Gasteiger partial charge in [-0.15, -0.1) is 6.58 Å². The first kappa shape index (κ1) is 16.1. The second-order valence-electron chi connectivity index (χ2n) is 7.85. The van der Waals surface area contributed by atoms with Crippen LogP contribution in [0.25, 0.3) is 0 Å². The molecule has 4 fully saturated rings. The van der Waals surface area contributed by atoms with Gasteiger partial charge in [0.25, 0.3) is 0 Å². The quantitative estimate of drug-likeness (QED) is 0.439. The number of ether oxygens (including phenoxy) is 3. The molecule has 0 radical (unpaired) electrons. The van der Waals surface area contributed by atoms with Crippen molar-refractivity contribution in [1.29, 1.82) is 0 Å². The van der Waals surface area contributed by atoms with E-state index in [1.807, 2.05) is 13.0 Å². The topological polar surface area (TPSA) is 61.8 Å². The number of hydrogen-bond acceptors (Lipinski definition) is 5. The van der Waals surface area contributed by atoms with E-state index in [0.717, 1.165) is 19.3 Å². The van der Waals surface area contributed by atoms with Crippen LogP contribution in [0.5, 0.6) is 0 Å². The Morgan fingerprint density at radius 1 is 1.46 bits per heavy atom. The molecular weight excluding hydrogens is 308 g/mol. The fraction of sp³-hybridized carbons (Fsp3) is 0.789. The summed E-state index contributed by atoms with van der Waals surface area (Å²) in [4.78, 5) is 26.1. The maximum absolute atomic E-state index is 13.1. The number of esters is 2. The van der Waals surface area contributed by atoms with Crippen LogP contribution < -0.4 is 0 Å². The van der Waals surface area contributed by atoms with Gasteiger partial charge in [0.15, 0.2) is 0 Å². The van der Waals surface area contributed by atoms with Crippen LogP contribution in [0.3, 0.4) is 0 Å². The molecule has 2 saturated carbocycles. The maximum atomic E-state index is 13.1. The molecule has 6 atom stereocenters. The third-order valence-electron chi connectivity index (χ3n) is 7.01. The average Bonchev–Trinajstić information content (AvgIpc) is 2.72. The van der Waals surface area contributed by atoms with E-state index in [1.165, 1.54) is 0 Å². The van der Waals surface area contributed by atoms with Gasteiger partial charge in [0.1, 0.15) is 11.2 Å². The number of hydrogen-bond donors (Lipinski definition) is 0. The molecule has 4 rings (SSSR count). The van der Waals surface area contributed by atoms with Gasteiger partial charge in [0, 0.05) is 0 Å². The van der Waals surface area contributed by atoms with Crippen LogP contribution in [0.4, 0.5) is 0 Å². The molecule has 2 heterocycles. The Bertz CT molecular complexity index is 601. The highest BCUT2D eigenvalue weighted by Gasteiger charge is 2.93. The first-order valence-corrected chi connectivity index (χ1v) is 9.15. The fourth-order valence-electron chi connectivity index (χ4n) is 6.33. The molecule has 2 aliphatic carbocycles. The van der Waals surface area contributed by atoms with Crippen LogP contribution >= 0.6 is 0 Å². The lowest BCUT2D eigenvalue weighted by molar-refractivity contribution is -0.355. The predicted octanol–water partition coefficient (Wildman–Crippen LogP) is 2.63. The van der Waals surface area contributed by atoms with Gasteiger partial charge in [0.05, 0.1) is 13.2 Å². The van der Waals surface area contributed by atoms with E-state index in [1.54, 1.807) is 6.92 Å². The van der Waals surface area contributed by atoms with E-state index in [2.05, 4.69) is 6.58 Å². The molecular formula is C19H26O5. The minimum absolute atomic E-state index is 0.0112. The van der Waals surface area contributed by atoms with Gasteiger partial charge < -0.3 is 14.2 Å². The van der Waals surface area contributed by atoms with Crippen molar-refractivity contribution in [3.8, 4) is 0 Å². The lowest BCUT2D eigenvalue weighted by atomic mass is 9.34. The molecule has 0 aromatic heterocycles. The van der Waals surface area contributed by atoms with Crippen molar-refractivity contribution < 1.29 is 23.8 Å². The minimum atomic E-state index is -1.26. The fourth-order valence-corrected chi connectivity index (χ4v) is 6.33. The number of carbonyl (C=O) groups excluding carboxylic acids is 2. The van der Waals surface area contributed by atoms with Gasteiger partial charge in [-0.2, -0.15) is 0 Å². The lowest BCUT2D eigenvalue weighted by Gasteiger charge is -2.71. The molecule has 2 saturated heterocycles. The van der Waals surface area contributed by atoms with Crippen molar-refractivity contribution >= 4 is 11.9 Å². The Balaban J connectivity index is 1.85. The molecule has 5 heteroatoms. The molecule has 2 aliphatic heterocycles. The van der Waals surface area contributed by atoms with Crippen LogP contribution in [0.2, 0.25) is 0 Å². The Labute approximate surface area is 142 Å². The molecule has 0 unspecified atom stereocenters. The average molecular weight is 334 g/mol. The molecule has 0 aromatic rings. The van der Waals surface area contributed by atoms with E-state index < -0.39 is 28.6 Å². The highest BCUT2D eigenvalue weighted by Crippen LogP contribution is 2.77. The molecule has 24 heavy (non-hydrogen) atoms. The van der Waals surface area contributed by atoms with E-state index >= 15 is 0 Å². The van der Waals surface area contributed by atoms with Crippen molar-refractivity contribution in [3.05, 3.63) is 12.7 Å². The standard InChI is InChI=1S/C19H26O5/c1-4-6-10-17(3)19-13-9-7-8-12(11-23-19)14(13)18(19,16(21)24-17)15(20)22-5-2/h4,12-14H,1,5-11H2,2-3H3/t12-,13+,14-,17-,18+,19-/m1/s1. The van der Waals surface area contributed by atoms with Gasteiger partial charge in [-0.25, -0.2) is 0 Å². The highest BCUT2D eigenvalue weighted by molar-refractivity contribution is 6.06. The van der Waals surface area contributed by atoms with Crippen molar-refractivity contribution in [1.82, 2.24) is 0 Å². The third-order valence-corrected chi connectivity index (χ3v) is 7.01. The molecule has 0 N–H and O–H groups in total. The predicted molar refractivity (Wildman–Crippen MR) is 86.0 cm³/mol. The molecule has 4 bridgehead atoms. The van der Waals surface area contributed by atoms with E-state index in [4.69, 9.17) is 14.2 Å². The van der Waals surface area contributed by atoms with Crippen molar-refractivity contribution in [3.63, 3.8) is 0 Å². The summed E-state index contributed by atoms with van der Waals surface area (Å²) in [7, 11) is 0. The number of rotatable bonds is 5. The summed E-state index contributed by atoms with van der Waals surface area (Å²) in [5.74, 6) is -0.400. The molecule has 5 nitrogen and oxygen atoms in total. The first-order valence-electron chi connectivity index (χ1n) is 9.15. The Hall–Kier alpha value is -1.36. The zero-order valence-electron chi connectivity index (χ0n) is 14.5. The Kier molecular flexibility index (Phi) is 3.41. The van der Waals surface area contributed by atoms with Crippen LogP contribution in [0.1, 0.15) is 46.0 Å². The van der Waals surface area contributed by atoms with Gasteiger partial charge in [-0.05, 0) is 57.3 Å². The second kappa shape index (κ2) is 5.07. The molecule has 0 aromatic carbocycles. The van der Waals surface area contributed by atoms with Gasteiger partial charge in [0.2, 0.25) is 5.41 Å². The van der Waals surface area contributed by atoms with E-state index in [9.17, 15) is 9.59 Å². The summed E-state index contributed by atoms with van der Waals surface area (Å²) < 4.78 is 17.7. The number of cyclic esters (lactones) is 1.